The lowest BCUT2D eigenvalue weighted by Crippen LogP contribution is -2.19. The number of aryl methyl sites for hydroxylation is 6. The van der Waals surface area contributed by atoms with Gasteiger partial charge in [0.05, 0.1) is 11.4 Å². The van der Waals surface area contributed by atoms with E-state index >= 15 is 0 Å². The second-order valence-corrected chi connectivity index (χ2v) is 10.4. The average molecular weight is 473 g/mol. The largest absolute Gasteiger partial charge is 0.395 e. The molecule has 0 spiro atoms. The van der Waals surface area contributed by atoms with Gasteiger partial charge in [0.2, 0.25) is 0 Å². The summed E-state index contributed by atoms with van der Waals surface area (Å²) in [6, 6.07) is 4.76. The van der Waals surface area contributed by atoms with Crippen molar-refractivity contribution in [3.63, 3.8) is 0 Å². The predicted molar refractivity (Wildman–Crippen MR) is 137 cm³/mol. The van der Waals surface area contributed by atoms with Crippen molar-refractivity contribution in [3.8, 4) is 0 Å². The van der Waals surface area contributed by atoms with Gasteiger partial charge in [0.1, 0.15) is 24.6 Å². The molecule has 0 aromatic carbocycles. The highest BCUT2D eigenvalue weighted by molar-refractivity contribution is 6.01. The third-order valence-electron chi connectivity index (χ3n) is 7.85. The molecule has 35 heavy (non-hydrogen) atoms. The van der Waals surface area contributed by atoms with E-state index in [1.807, 2.05) is 0 Å². The Morgan fingerprint density at radius 2 is 1.00 bits per heavy atom. The maximum Gasteiger partial charge on any atom is 0.120 e. The SMILES string of the molecule is c1c2c(nc3c1CCC/C3=N\OCCCO/N=C1\CCCc3cc4c(nc31)CCCC4)CCCC2. The van der Waals surface area contributed by atoms with Crippen LogP contribution in [0.25, 0.3) is 0 Å². The summed E-state index contributed by atoms with van der Waals surface area (Å²) in [4.78, 5) is 21.4. The second kappa shape index (κ2) is 10.5. The molecule has 0 bridgehead atoms. The fourth-order valence-corrected chi connectivity index (χ4v) is 5.99. The zero-order valence-corrected chi connectivity index (χ0v) is 20.8. The molecule has 0 atom stereocenters. The van der Waals surface area contributed by atoms with E-state index in [2.05, 4.69) is 22.4 Å². The summed E-state index contributed by atoms with van der Waals surface area (Å²) in [6.45, 7) is 1.05. The Morgan fingerprint density at radius 1 is 0.543 bits per heavy atom. The summed E-state index contributed by atoms with van der Waals surface area (Å²) >= 11 is 0. The van der Waals surface area contributed by atoms with Gasteiger partial charge in [-0.1, -0.05) is 22.4 Å². The van der Waals surface area contributed by atoms with E-state index in [4.69, 9.17) is 19.6 Å². The Labute approximate surface area is 208 Å². The van der Waals surface area contributed by atoms with Gasteiger partial charge in [-0.15, -0.1) is 0 Å². The van der Waals surface area contributed by atoms with Crippen LogP contribution in [0.2, 0.25) is 0 Å². The normalized spacial score (nSPS) is 21.1. The maximum atomic E-state index is 5.69. The van der Waals surface area contributed by atoms with E-state index in [-0.39, 0.29) is 0 Å². The Bertz CT molecular complexity index is 1060. The van der Waals surface area contributed by atoms with Crippen LogP contribution in [0.15, 0.2) is 22.4 Å². The summed E-state index contributed by atoms with van der Waals surface area (Å²) in [6.07, 6.45) is 16.7. The molecule has 2 aromatic heterocycles. The molecule has 6 heteroatoms. The monoisotopic (exact) mass is 472 g/mol. The molecule has 2 heterocycles. The Balaban J connectivity index is 1.02. The Kier molecular flexibility index (Phi) is 6.79. The summed E-state index contributed by atoms with van der Waals surface area (Å²) in [5, 5.41) is 8.97. The van der Waals surface area contributed by atoms with Gasteiger partial charge >= 0.3 is 0 Å². The Morgan fingerprint density at radius 3 is 1.51 bits per heavy atom. The quantitative estimate of drug-likeness (QED) is 0.415. The lowest BCUT2D eigenvalue weighted by Gasteiger charge is -2.22. The highest BCUT2D eigenvalue weighted by Crippen LogP contribution is 2.28. The molecule has 184 valence electrons. The zero-order valence-electron chi connectivity index (χ0n) is 20.8. The second-order valence-electron chi connectivity index (χ2n) is 10.4. The molecule has 0 aliphatic heterocycles. The molecule has 0 saturated carbocycles. The maximum absolute atomic E-state index is 5.69. The van der Waals surface area contributed by atoms with Crippen LogP contribution < -0.4 is 0 Å². The van der Waals surface area contributed by atoms with E-state index in [0.29, 0.717) is 13.2 Å². The fourth-order valence-electron chi connectivity index (χ4n) is 5.99. The van der Waals surface area contributed by atoms with Crippen LogP contribution in [0, 0.1) is 0 Å². The van der Waals surface area contributed by atoms with Crippen molar-refractivity contribution in [1.29, 1.82) is 0 Å². The highest BCUT2D eigenvalue weighted by Gasteiger charge is 2.23. The van der Waals surface area contributed by atoms with Crippen molar-refractivity contribution in [2.45, 2.75) is 96.3 Å². The van der Waals surface area contributed by atoms with Gasteiger partial charge in [0.15, 0.2) is 0 Å². The van der Waals surface area contributed by atoms with Gasteiger partial charge in [-0.2, -0.15) is 0 Å². The minimum absolute atomic E-state index is 0.525. The zero-order chi connectivity index (χ0) is 23.5. The number of pyridine rings is 2. The lowest BCUT2D eigenvalue weighted by atomic mass is 9.88. The van der Waals surface area contributed by atoms with Crippen LogP contribution >= 0.6 is 0 Å². The van der Waals surface area contributed by atoms with E-state index in [0.717, 1.165) is 80.6 Å². The first kappa shape index (κ1) is 22.7. The minimum atomic E-state index is 0.525. The van der Waals surface area contributed by atoms with Gasteiger partial charge in [-0.25, -0.2) is 0 Å². The number of hydrogen-bond donors (Lipinski definition) is 0. The Hall–Kier alpha value is -2.76. The number of rotatable bonds is 6. The number of aromatic nitrogens is 2. The van der Waals surface area contributed by atoms with Crippen LogP contribution in [0.5, 0.6) is 0 Å². The van der Waals surface area contributed by atoms with E-state index < -0.39 is 0 Å². The molecule has 0 N–H and O–H groups in total. The van der Waals surface area contributed by atoms with Gasteiger partial charge in [-0.05, 0) is 112 Å². The van der Waals surface area contributed by atoms with Crippen LogP contribution in [-0.4, -0.2) is 34.6 Å². The molecule has 0 fully saturated rings. The summed E-state index contributed by atoms with van der Waals surface area (Å²) in [5.74, 6) is 0. The van der Waals surface area contributed by atoms with Gasteiger partial charge in [0.25, 0.3) is 0 Å². The molecule has 0 saturated heterocycles. The summed E-state index contributed by atoms with van der Waals surface area (Å²) < 4.78 is 0. The molecule has 0 amide bonds. The molecular weight excluding hydrogens is 436 g/mol. The number of hydrogen-bond acceptors (Lipinski definition) is 6. The highest BCUT2D eigenvalue weighted by atomic mass is 16.6. The van der Waals surface area contributed by atoms with Crippen molar-refractivity contribution < 1.29 is 9.68 Å². The van der Waals surface area contributed by atoms with Crippen LogP contribution in [0.4, 0.5) is 0 Å². The van der Waals surface area contributed by atoms with Gasteiger partial charge in [-0.3, -0.25) is 9.97 Å². The lowest BCUT2D eigenvalue weighted by molar-refractivity contribution is 0.0894. The minimum Gasteiger partial charge on any atom is -0.395 e. The van der Waals surface area contributed by atoms with Crippen LogP contribution in [0.3, 0.4) is 0 Å². The first-order valence-corrected chi connectivity index (χ1v) is 13.8. The van der Waals surface area contributed by atoms with E-state index in [1.54, 1.807) is 0 Å². The first-order chi connectivity index (χ1) is 17.3. The fraction of sp³-hybridized carbons (Fsp3) is 0.586. The number of fused-ring (bicyclic) bond motifs is 4. The predicted octanol–water partition coefficient (Wildman–Crippen LogP) is 5.44. The van der Waals surface area contributed by atoms with E-state index in [1.165, 1.54) is 72.2 Å². The smallest absolute Gasteiger partial charge is 0.120 e. The van der Waals surface area contributed by atoms with Crippen molar-refractivity contribution in [2.75, 3.05) is 13.2 Å². The molecule has 6 nitrogen and oxygen atoms in total. The molecule has 4 aliphatic rings. The third-order valence-corrected chi connectivity index (χ3v) is 7.85. The van der Waals surface area contributed by atoms with Crippen molar-refractivity contribution >= 4 is 11.4 Å². The van der Waals surface area contributed by atoms with Crippen molar-refractivity contribution in [2.24, 2.45) is 10.3 Å². The topological polar surface area (TPSA) is 69.0 Å². The molecule has 4 aliphatic carbocycles. The molecule has 0 unspecified atom stereocenters. The van der Waals surface area contributed by atoms with Crippen molar-refractivity contribution in [1.82, 2.24) is 9.97 Å². The first-order valence-electron chi connectivity index (χ1n) is 13.8. The van der Waals surface area contributed by atoms with Gasteiger partial charge < -0.3 is 9.68 Å². The molecule has 6 rings (SSSR count). The molecule has 0 radical (unpaired) electrons. The number of nitrogens with zero attached hydrogens (tertiary/aromatic N) is 4. The van der Waals surface area contributed by atoms with Crippen LogP contribution in [0.1, 0.15) is 103 Å². The van der Waals surface area contributed by atoms with Crippen molar-refractivity contribution in [3.05, 3.63) is 57.2 Å². The standard InChI is InChI=1S/C29H36N4O2/c1-3-12-24-20(8-1)18-22-10-5-14-26(28(22)30-24)32-34-16-7-17-35-33-27-15-6-11-23-19-21-9-2-4-13-25(21)31-29(23)27/h18-19H,1-17H2/b32-26+,33-27+. The summed E-state index contributed by atoms with van der Waals surface area (Å²) in [7, 11) is 0. The summed E-state index contributed by atoms with van der Waals surface area (Å²) in [5.41, 5.74) is 12.3. The molecular formula is C29H36N4O2. The van der Waals surface area contributed by atoms with E-state index in [9.17, 15) is 0 Å². The molecule has 2 aromatic rings. The average Bonchev–Trinajstić information content (AvgIpc) is 2.90. The van der Waals surface area contributed by atoms with Gasteiger partial charge in [0, 0.05) is 17.8 Å². The number of oxime groups is 2. The third kappa shape index (κ3) is 4.98. The van der Waals surface area contributed by atoms with Crippen LogP contribution in [-0.2, 0) is 48.2 Å².